The van der Waals surface area contributed by atoms with E-state index in [2.05, 4.69) is 15.4 Å². The minimum absolute atomic E-state index is 0.0879. The Morgan fingerprint density at radius 2 is 1.96 bits per heavy atom. The van der Waals surface area contributed by atoms with Gasteiger partial charge in [-0.1, -0.05) is 30.3 Å². The van der Waals surface area contributed by atoms with Gasteiger partial charge in [0.15, 0.2) is 5.82 Å². The van der Waals surface area contributed by atoms with E-state index in [1.807, 2.05) is 30.3 Å². The number of hydrogen-bond acceptors (Lipinski definition) is 4. The molecule has 0 aliphatic heterocycles. The van der Waals surface area contributed by atoms with E-state index in [0.717, 1.165) is 5.56 Å². The Morgan fingerprint density at radius 3 is 2.68 bits per heavy atom. The Hall–Kier alpha value is -2.99. The van der Waals surface area contributed by atoms with Gasteiger partial charge in [0.2, 0.25) is 0 Å². The number of rotatable bonds is 7. The van der Waals surface area contributed by atoms with E-state index < -0.39 is 0 Å². The number of aliphatic hydroxyl groups is 1. The monoisotopic (exact) mass is 336 g/mol. The molecule has 0 saturated carbocycles. The summed E-state index contributed by atoms with van der Waals surface area (Å²) in [5.41, 5.74) is 1.46. The molecule has 1 atom stereocenters. The van der Waals surface area contributed by atoms with E-state index in [1.54, 1.807) is 41.5 Å². The fourth-order valence-electron chi connectivity index (χ4n) is 2.69. The summed E-state index contributed by atoms with van der Waals surface area (Å²) in [5, 5.41) is 16.4. The third-order valence-electron chi connectivity index (χ3n) is 3.91. The lowest BCUT2D eigenvalue weighted by Crippen LogP contribution is -2.30. The number of nitrogens with one attached hydrogen (secondary N) is 1. The highest BCUT2D eigenvalue weighted by atomic mass is 16.3. The first kappa shape index (κ1) is 16.9. The van der Waals surface area contributed by atoms with Gasteiger partial charge in [-0.2, -0.15) is 5.10 Å². The van der Waals surface area contributed by atoms with Crippen molar-refractivity contribution >= 4 is 5.91 Å². The summed E-state index contributed by atoms with van der Waals surface area (Å²) in [6.07, 6.45) is 6.29. The van der Waals surface area contributed by atoms with Gasteiger partial charge >= 0.3 is 0 Å². The Balaban J connectivity index is 1.85. The number of hydrogen-bond donors (Lipinski definition) is 2. The van der Waals surface area contributed by atoms with E-state index in [-0.39, 0.29) is 18.6 Å². The van der Waals surface area contributed by atoms with Crippen molar-refractivity contribution in [1.82, 2.24) is 20.1 Å². The van der Waals surface area contributed by atoms with Gasteiger partial charge in [-0.25, -0.2) is 9.67 Å². The molecule has 0 aliphatic rings. The van der Waals surface area contributed by atoms with Crippen LogP contribution < -0.4 is 5.32 Å². The Labute approximate surface area is 146 Å². The second-order valence-corrected chi connectivity index (χ2v) is 5.63. The summed E-state index contributed by atoms with van der Waals surface area (Å²) in [7, 11) is 0. The lowest BCUT2D eigenvalue weighted by atomic mass is 10.0. The zero-order valence-corrected chi connectivity index (χ0v) is 13.7. The van der Waals surface area contributed by atoms with Crippen LogP contribution in [0.1, 0.15) is 34.8 Å². The van der Waals surface area contributed by atoms with Gasteiger partial charge in [-0.05, 0) is 36.6 Å². The Morgan fingerprint density at radius 1 is 1.12 bits per heavy atom. The summed E-state index contributed by atoms with van der Waals surface area (Å²) in [6.45, 7) is 0.0879. The molecule has 0 aliphatic carbocycles. The van der Waals surface area contributed by atoms with Crippen LogP contribution in [0.3, 0.4) is 0 Å². The van der Waals surface area contributed by atoms with Crippen LogP contribution in [0.15, 0.2) is 67.1 Å². The molecule has 1 amide bonds. The highest BCUT2D eigenvalue weighted by Crippen LogP contribution is 2.20. The molecule has 0 fully saturated rings. The third-order valence-corrected chi connectivity index (χ3v) is 3.91. The lowest BCUT2D eigenvalue weighted by molar-refractivity contribution is 0.0932. The molecule has 0 bridgehead atoms. The molecular weight excluding hydrogens is 316 g/mol. The molecule has 2 aromatic heterocycles. The number of amides is 1. The van der Waals surface area contributed by atoms with Crippen molar-refractivity contribution in [2.75, 3.05) is 6.61 Å². The van der Waals surface area contributed by atoms with Crippen molar-refractivity contribution in [1.29, 1.82) is 0 Å². The van der Waals surface area contributed by atoms with E-state index in [1.165, 1.54) is 0 Å². The number of pyridine rings is 1. The van der Waals surface area contributed by atoms with Gasteiger partial charge in [0.25, 0.3) is 5.91 Å². The molecule has 25 heavy (non-hydrogen) atoms. The molecule has 3 rings (SSSR count). The van der Waals surface area contributed by atoms with Gasteiger partial charge < -0.3 is 10.4 Å². The first-order chi connectivity index (χ1) is 12.3. The summed E-state index contributed by atoms with van der Waals surface area (Å²) < 4.78 is 1.57. The number of aromatic nitrogens is 3. The number of carbonyl (C=O) groups excluding carboxylic acids is 1. The maximum absolute atomic E-state index is 12.9. The van der Waals surface area contributed by atoms with Crippen molar-refractivity contribution in [2.24, 2.45) is 0 Å². The van der Waals surface area contributed by atoms with Crippen molar-refractivity contribution in [2.45, 2.75) is 18.9 Å². The molecule has 0 spiro atoms. The Kier molecular flexibility index (Phi) is 5.53. The topological polar surface area (TPSA) is 80.0 Å². The van der Waals surface area contributed by atoms with Gasteiger partial charge in [-0.3, -0.25) is 4.79 Å². The second-order valence-electron chi connectivity index (χ2n) is 5.63. The second kappa shape index (κ2) is 8.21. The standard InChI is InChI=1S/C19H20N4O2/c24-14-5-10-17(15-7-2-1-3-8-15)22-19(25)16-9-4-11-20-18(16)23-13-6-12-21-23/h1-4,6-9,11-13,17,24H,5,10,14H2,(H,22,25). The molecule has 6 heteroatoms. The van der Waals surface area contributed by atoms with Crippen molar-refractivity contribution in [3.05, 3.63) is 78.2 Å². The predicted molar refractivity (Wildman–Crippen MR) is 94.3 cm³/mol. The minimum Gasteiger partial charge on any atom is -0.396 e. The van der Waals surface area contributed by atoms with Crippen molar-refractivity contribution in [3.63, 3.8) is 0 Å². The molecule has 0 saturated heterocycles. The van der Waals surface area contributed by atoms with Crippen LogP contribution in [0.2, 0.25) is 0 Å². The van der Waals surface area contributed by atoms with Crippen LogP contribution in [0.5, 0.6) is 0 Å². The quantitative estimate of drug-likeness (QED) is 0.695. The van der Waals surface area contributed by atoms with E-state index in [0.29, 0.717) is 24.2 Å². The molecule has 128 valence electrons. The molecular formula is C19H20N4O2. The van der Waals surface area contributed by atoms with Gasteiger partial charge in [0.05, 0.1) is 11.6 Å². The average molecular weight is 336 g/mol. The number of aliphatic hydroxyl groups excluding tert-OH is 1. The summed E-state index contributed by atoms with van der Waals surface area (Å²) in [4.78, 5) is 17.1. The zero-order chi connectivity index (χ0) is 17.5. The number of benzene rings is 1. The van der Waals surface area contributed by atoms with E-state index >= 15 is 0 Å². The maximum atomic E-state index is 12.9. The van der Waals surface area contributed by atoms with E-state index in [9.17, 15) is 4.79 Å². The van der Waals surface area contributed by atoms with Crippen molar-refractivity contribution < 1.29 is 9.90 Å². The maximum Gasteiger partial charge on any atom is 0.255 e. The number of carbonyl (C=O) groups is 1. The fourth-order valence-corrected chi connectivity index (χ4v) is 2.69. The van der Waals surface area contributed by atoms with Crippen LogP contribution in [-0.4, -0.2) is 32.4 Å². The van der Waals surface area contributed by atoms with Crippen LogP contribution in [0.4, 0.5) is 0 Å². The van der Waals surface area contributed by atoms with Gasteiger partial charge in [0, 0.05) is 25.2 Å². The third kappa shape index (κ3) is 4.10. The first-order valence-electron chi connectivity index (χ1n) is 8.21. The normalized spacial score (nSPS) is 11.9. The van der Waals surface area contributed by atoms with Gasteiger partial charge in [-0.15, -0.1) is 0 Å². The number of nitrogens with zero attached hydrogens (tertiary/aromatic N) is 3. The molecule has 2 N–H and O–H groups in total. The van der Waals surface area contributed by atoms with E-state index in [4.69, 9.17) is 5.11 Å². The highest BCUT2D eigenvalue weighted by molar-refractivity contribution is 5.97. The van der Waals surface area contributed by atoms with Crippen molar-refractivity contribution in [3.8, 4) is 5.82 Å². The highest BCUT2D eigenvalue weighted by Gasteiger charge is 2.19. The largest absolute Gasteiger partial charge is 0.396 e. The zero-order valence-electron chi connectivity index (χ0n) is 13.7. The lowest BCUT2D eigenvalue weighted by Gasteiger charge is -2.19. The first-order valence-corrected chi connectivity index (χ1v) is 8.21. The molecule has 3 aromatic rings. The SMILES string of the molecule is O=C(NC(CCCO)c1ccccc1)c1cccnc1-n1cccn1. The van der Waals surface area contributed by atoms with Crippen LogP contribution in [0, 0.1) is 0 Å². The summed E-state index contributed by atoms with van der Waals surface area (Å²) >= 11 is 0. The predicted octanol–water partition coefficient (Wildman–Crippen LogP) is 2.51. The minimum atomic E-state index is -0.217. The average Bonchev–Trinajstić information content (AvgIpc) is 3.20. The van der Waals surface area contributed by atoms with Crippen LogP contribution >= 0.6 is 0 Å². The molecule has 1 unspecified atom stereocenters. The smallest absolute Gasteiger partial charge is 0.255 e. The molecule has 2 heterocycles. The van der Waals surface area contributed by atoms with Gasteiger partial charge in [0.1, 0.15) is 0 Å². The molecule has 0 radical (unpaired) electrons. The fraction of sp³-hybridized carbons (Fsp3) is 0.211. The molecule has 6 nitrogen and oxygen atoms in total. The Bertz CT molecular complexity index is 803. The van der Waals surface area contributed by atoms with Crippen LogP contribution in [0.25, 0.3) is 5.82 Å². The summed E-state index contributed by atoms with van der Waals surface area (Å²) in [5.74, 6) is 0.268. The van der Waals surface area contributed by atoms with Crippen LogP contribution in [-0.2, 0) is 0 Å². The molecule has 1 aromatic carbocycles. The summed E-state index contributed by atoms with van der Waals surface area (Å²) in [6, 6.07) is 14.8.